The Hall–Kier alpha value is -0.560. The van der Waals surface area contributed by atoms with Gasteiger partial charge in [-0.2, -0.15) is 0 Å². The maximum atomic E-state index is 6.12. The van der Waals surface area contributed by atoms with Crippen LogP contribution in [0.25, 0.3) is 0 Å². The highest BCUT2D eigenvalue weighted by Crippen LogP contribution is 2.12. The minimum absolute atomic E-state index is 0.456. The molecule has 0 rings (SSSR count). The quantitative estimate of drug-likeness (QED) is 0.185. The van der Waals surface area contributed by atoms with Gasteiger partial charge in [0.15, 0.2) is 0 Å². The summed E-state index contributed by atoms with van der Waals surface area (Å²) in [6.45, 7) is 4.51. The molecule has 0 spiro atoms. The van der Waals surface area contributed by atoms with Crippen molar-refractivity contribution in [3.8, 4) is 0 Å². The van der Waals surface area contributed by atoms with Crippen molar-refractivity contribution in [1.82, 2.24) is 0 Å². The lowest BCUT2D eigenvalue weighted by Crippen LogP contribution is -2.19. The highest BCUT2D eigenvalue weighted by molar-refractivity contribution is 4.92. The Bertz CT molecular complexity index is 292. The molecule has 1 unspecified atom stereocenters. The maximum Gasteiger partial charge on any atom is 0.00388 e. The molecule has 1 nitrogen and oxygen atoms in total. The number of hydrogen-bond acceptors (Lipinski definition) is 1. The zero-order valence-corrected chi connectivity index (χ0v) is 17.5. The van der Waals surface area contributed by atoms with E-state index in [0.717, 1.165) is 6.42 Å². The molecule has 0 aliphatic rings. The number of nitrogens with two attached hydrogens (primary N) is 1. The molecule has 0 aliphatic carbocycles. The second kappa shape index (κ2) is 21.5. The zero-order valence-electron chi connectivity index (χ0n) is 17.5. The van der Waals surface area contributed by atoms with Gasteiger partial charge in [-0.15, -0.1) is 0 Å². The lowest BCUT2D eigenvalue weighted by molar-refractivity contribution is 0.495. The van der Waals surface area contributed by atoms with Gasteiger partial charge in [-0.25, -0.2) is 0 Å². The van der Waals surface area contributed by atoms with Crippen molar-refractivity contribution in [2.75, 3.05) is 0 Å². The summed E-state index contributed by atoms with van der Waals surface area (Å²) in [6, 6.07) is 0.456. The van der Waals surface area contributed by atoms with E-state index in [1.165, 1.54) is 103 Å². The molecule has 1 atom stereocenters. The van der Waals surface area contributed by atoms with Gasteiger partial charge < -0.3 is 5.73 Å². The van der Waals surface area contributed by atoms with Gasteiger partial charge in [0.2, 0.25) is 0 Å². The van der Waals surface area contributed by atoms with Gasteiger partial charge in [0.1, 0.15) is 0 Å². The molecule has 0 aromatic heterocycles. The minimum atomic E-state index is 0.456. The molecule has 0 heterocycles. The van der Waals surface area contributed by atoms with Crippen molar-refractivity contribution >= 4 is 0 Å². The third kappa shape index (κ3) is 21.4. The average Bonchev–Trinajstić information content (AvgIpc) is 2.62. The SMILES string of the molecule is CCCCCC=CCC=CCCCCCCCCCC(N)CCCC. The van der Waals surface area contributed by atoms with Gasteiger partial charge in [-0.05, 0) is 44.9 Å². The van der Waals surface area contributed by atoms with Crippen molar-refractivity contribution in [3.63, 3.8) is 0 Å². The van der Waals surface area contributed by atoms with Gasteiger partial charge in [0.25, 0.3) is 0 Å². The average molecular weight is 350 g/mol. The van der Waals surface area contributed by atoms with Crippen LogP contribution in [0.15, 0.2) is 24.3 Å². The van der Waals surface area contributed by atoms with Crippen molar-refractivity contribution in [2.45, 2.75) is 129 Å². The Morgan fingerprint density at radius 2 is 1.04 bits per heavy atom. The molecule has 0 aliphatic heterocycles. The fourth-order valence-electron chi connectivity index (χ4n) is 3.18. The first-order valence-corrected chi connectivity index (χ1v) is 11.4. The molecule has 0 radical (unpaired) electrons. The van der Waals surface area contributed by atoms with Crippen molar-refractivity contribution in [2.24, 2.45) is 5.73 Å². The molecule has 148 valence electrons. The van der Waals surface area contributed by atoms with Crippen LogP contribution in [-0.2, 0) is 0 Å². The summed E-state index contributed by atoms with van der Waals surface area (Å²) in [5.41, 5.74) is 6.12. The van der Waals surface area contributed by atoms with Crippen molar-refractivity contribution in [1.29, 1.82) is 0 Å². The topological polar surface area (TPSA) is 26.0 Å². The highest BCUT2D eigenvalue weighted by Gasteiger charge is 2.01. The number of unbranched alkanes of at least 4 members (excludes halogenated alkanes) is 11. The summed E-state index contributed by atoms with van der Waals surface area (Å²) in [4.78, 5) is 0. The summed E-state index contributed by atoms with van der Waals surface area (Å²) in [6.07, 6.45) is 31.8. The summed E-state index contributed by atoms with van der Waals surface area (Å²) in [5.74, 6) is 0. The predicted octanol–water partition coefficient (Wildman–Crippen LogP) is 8.10. The number of hydrogen-bond donors (Lipinski definition) is 1. The summed E-state index contributed by atoms with van der Waals surface area (Å²) in [5, 5.41) is 0. The van der Waals surface area contributed by atoms with E-state index in [1.54, 1.807) is 0 Å². The summed E-state index contributed by atoms with van der Waals surface area (Å²) >= 11 is 0. The molecule has 0 saturated carbocycles. The predicted molar refractivity (Wildman–Crippen MR) is 116 cm³/mol. The molecular weight excluding hydrogens is 302 g/mol. The van der Waals surface area contributed by atoms with E-state index in [0.29, 0.717) is 6.04 Å². The molecule has 0 aromatic rings. The third-order valence-electron chi connectivity index (χ3n) is 4.95. The molecular formula is C24H47N. The number of rotatable bonds is 19. The molecule has 1 heteroatoms. The maximum absolute atomic E-state index is 6.12. The van der Waals surface area contributed by atoms with Crippen LogP contribution in [0.5, 0.6) is 0 Å². The van der Waals surface area contributed by atoms with Crippen LogP contribution in [0.3, 0.4) is 0 Å². The molecule has 0 saturated heterocycles. The van der Waals surface area contributed by atoms with E-state index in [-0.39, 0.29) is 0 Å². The third-order valence-corrected chi connectivity index (χ3v) is 4.95. The lowest BCUT2D eigenvalue weighted by atomic mass is 10.0. The fourth-order valence-corrected chi connectivity index (χ4v) is 3.18. The van der Waals surface area contributed by atoms with Gasteiger partial charge in [0.05, 0.1) is 0 Å². The molecule has 25 heavy (non-hydrogen) atoms. The minimum Gasteiger partial charge on any atom is -0.328 e. The standard InChI is InChI=1S/C24H47N/c1-3-5-7-8-9-10-11-12-13-14-15-16-17-18-19-20-21-23-24(25)22-6-4-2/h9-10,12-13,24H,3-8,11,14-23,25H2,1-2H3. The van der Waals surface area contributed by atoms with Gasteiger partial charge in [-0.1, -0.05) is 102 Å². The smallest absolute Gasteiger partial charge is 0.00388 e. The largest absolute Gasteiger partial charge is 0.328 e. The van der Waals surface area contributed by atoms with E-state index in [4.69, 9.17) is 5.73 Å². The summed E-state index contributed by atoms with van der Waals surface area (Å²) < 4.78 is 0. The van der Waals surface area contributed by atoms with Crippen LogP contribution in [0.4, 0.5) is 0 Å². The van der Waals surface area contributed by atoms with Gasteiger partial charge in [0, 0.05) is 6.04 Å². The van der Waals surface area contributed by atoms with E-state index < -0.39 is 0 Å². The Kier molecular flexibility index (Phi) is 21.0. The van der Waals surface area contributed by atoms with E-state index in [1.807, 2.05) is 0 Å². The molecule has 0 aromatic carbocycles. The lowest BCUT2D eigenvalue weighted by Gasteiger charge is -2.10. The Balaban J connectivity index is 3.19. The highest BCUT2D eigenvalue weighted by atomic mass is 14.6. The second-order valence-electron chi connectivity index (χ2n) is 7.63. The van der Waals surface area contributed by atoms with Crippen LogP contribution < -0.4 is 5.73 Å². The molecule has 0 amide bonds. The van der Waals surface area contributed by atoms with Crippen LogP contribution in [-0.4, -0.2) is 6.04 Å². The van der Waals surface area contributed by atoms with Gasteiger partial charge in [-0.3, -0.25) is 0 Å². The van der Waals surface area contributed by atoms with Crippen LogP contribution in [0, 0.1) is 0 Å². The molecule has 0 bridgehead atoms. The van der Waals surface area contributed by atoms with Crippen LogP contribution in [0.1, 0.15) is 123 Å². The van der Waals surface area contributed by atoms with E-state index in [9.17, 15) is 0 Å². The van der Waals surface area contributed by atoms with Crippen molar-refractivity contribution in [3.05, 3.63) is 24.3 Å². The van der Waals surface area contributed by atoms with Crippen molar-refractivity contribution < 1.29 is 0 Å². The number of allylic oxidation sites excluding steroid dienone is 4. The monoisotopic (exact) mass is 349 g/mol. The van der Waals surface area contributed by atoms with E-state index >= 15 is 0 Å². The fraction of sp³-hybridized carbons (Fsp3) is 0.833. The molecule has 2 N–H and O–H groups in total. The summed E-state index contributed by atoms with van der Waals surface area (Å²) in [7, 11) is 0. The zero-order chi connectivity index (χ0) is 18.4. The Morgan fingerprint density at radius 3 is 1.64 bits per heavy atom. The van der Waals surface area contributed by atoms with Crippen LogP contribution >= 0.6 is 0 Å². The Labute approximate surface area is 159 Å². The molecule has 0 fully saturated rings. The second-order valence-corrected chi connectivity index (χ2v) is 7.63. The normalized spacial score (nSPS) is 13.2. The first-order chi connectivity index (χ1) is 12.3. The van der Waals surface area contributed by atoms with Crippen LogP contribution in [0.2, 0.25) is 0 Å². The first kappa shape index (κ1) is 24.4. The van der Waals surface area contributed by atoms with E-state index in [2.05, 4.69) is 38.2 Å². The first-order valence-electron chi connectivity index (χ1n) is 11.4. The Morgan fingerprint density at radius 1 is 0.560 bits per heavy atom. The van der Waals surface area contributed by atoms with Gasteiger partial charge >= 0.3 is 0 Å².